The molecule has 22 heteroatoms. The summed E-state index contributed by atoms with van der Waals surface area (Å²) in [5, 5.41) is 47.6. The maximum absolute atomic E-state index is 13.1. The van der Waals surface area contributed by atoms with Gasteiger partial charge in [0, 0.05) is 89.3 Å². The fourth-order valence-electron chi connectivity index (χ4n) is 10.7. The van der Waals surface area contributed by atoms with E-state index in [1.54, 1.807) is 0 Å². The molecule has 0 aliphatic heterocycles. The van der Waals surface area contributed by atoms with E-state index in [4.69, 9.17) is 21.7 Å². The van der Waals surface area contributed by atoms with E-state index in [9.17, 15) is 67.7 Å². The van der Waals surface area contributed by atoms with E-state index in [0.717, 1.165) is 116 Å². The van der Waals surface area contributed by atoms with Crippen molar-refractivity contribution in [3.63, 3.8) is 0 Å². The molecule has 6 atom stereocenters. The molecule has 0 aromatic rings. The van der Waals surface area contributed by atoms with E-state index >= 15 is 0 Å². The molecular weight excluding hydrogens is 1140 g/mol. The lowest BCUT2D eigenvalue weighted by Gasteiger charge is -2.17. The first-order chi connectivity index (χ1) is 42.5. The average Bonchev–Trinajstić information content (AvgIpc) is 3.51. The first-order valence-corrected chi connectivity index (χ1v) is 34.1. The molecule has 0 spiro atoms. The second-order valence-electron chi connectivity index (χ2n) is 24.8. The van der Waals surface area contributed by atoms with Crippen molar-refractivity contribution >= 4 is 70.6 Å². The highest BCUT2D eigenvalue weighted by molar-refractivity contribution is 5.88. The monoisotopic (exact) mass is 1260 g/mol. The van der Waals surface area contributed by atoms with E-state index in [2.05, 4.69) is 21.3 Å². The van der Waals surface area contributed by atoms with Crippen LogP contribution in [0.2, 0.25) is 0 Å². The molecule has 4 amide bonds. The Morgan fingerprint density at radius 1 is 0.348 bits per heavy atom. The van der Waals surface area contributed by atoms with Gasteiger partial charge in [-0.15, -0.1) is 0 Å². The molecule has 0 aliphatic rings. The van der Waals surface area contributed by atoms with E-state index in [0.29, 0.717) is 122 Å². The maximum Gasteiger partial charge on any atom is 0.326 e. The van der Waals surface area contributed by atoms with Gasteiger partial charge in [0.2, 0.25) is 23.6 Å². The summed E-state index contributed by atoms with van der Waals surface area (Å²) in [5.41, 5.74) is 12.2. The summed E-state index contributed by atoms with van der Waals surface area (Å²) >= 11 is 0. The SMILES string of the molecule is CC(=O)[C@H](CCCCNC(=O)[C@@H](N)CCCCCC(=O)CC[C@H](CC(=O)CCCCCCCCCCCCC(=O)O)C(=O)O)CC(=O)[C@@H](C)CCCCNC(=O)[C@@H](N)CCCCNC(=O)CC[C@H](NC(=O)CCCCCCCCCCCCC(=O)O)C(=O)O. The van der Waals surface area contributed by atoms with E-state index in [1.165, 1.54) is 6.92 Å². The molecule has 12 N–H and O–H groups in total. The number of carbonyl (C=O) groups is 12. The number of carboxylic acids is 4. The smallest absolute Gasteiger partial charge is 0.326 e. The maximum atomic E-state index is 13.1. The number of nitrogens with two attached hydrogens (primary N) is 2. The first-order valence-electron chi connectivity index (χ1n) is 34.1. The molecular formula is C67H118N6O16. The fourth-order valence-corrected chi connectivity index (χ4v) is 10.7. The molecule has 0 rings (SSSR count). The Hall–Kier alpha value is -5.64. The number of hydrogen-bond donors (Lipinski definition) is 10. The van der Waals surface area contributed by atoms with Crippen LogP contribution in [0.15, 0.2) is 0 Å². The van der Waals surface area contributed by atoms with Crippen molar-refractivity contribution in [2.75, 3.05) is 19.6 Å². The molecule has 0 aliphatic carbocycles. The van der Waals surface area contributed by atoms with Gasteiger partial charge in [0.1, 0.15) is 29.2 Å². The van der Waals surface area contributed by atoms with Crippen molar-refractivity contribution in [1.82, 2.24) is 21.3 Å². The molecule has 0 fully saturated rings. The third-order valence-electron chi connectivity index (χ3n) is 16.7. The second-order valence-corrected chi connectivity index (χ2v) is 24.8. The molecule has 89 heavy (non-hydrogen) atoms. The summed E-state index contributed by atoms with van der Waals surface area (Å²) in [6, 6.07) is -2.62. The lowest BCUT2D eigenvalue weighted by Crippen LogP contribution is -2.41. The summed E-state index contributed by atoms with van der Waals surface area (Å²) in [5.74, 6) is -6.82. The van der Waals surface area contributed by atoms with Crippen molar-refractivity contribution in [2.45, 2.75) is 314 Å². The number of amides is 4. The van der Waals surface area contributed by atoms with Crippen LogP contribution in [0.25, 0.3) is 0 Å². The summed E-state index contributed by atoms with van der Waals surface area (Å²) in [6.45, 7) is 4.41. The van der Waals surface area contributed by atoms with Crippen LogP contribution in [0.4, 0.5) is 0 Å². The fraction of sp³-hybridized carbons (Fsp3) is 0.821. The van der Waals surface area contributed by atoms with Crippen LogP contribution in [-0.4, -0.2) is 129 Å². The minimum atomic E-state index is -1.20. The molecule has 0 aromatic carbocycles. The van der Waals surface area contributed by atoms with Gasteiger partial charge in [0.05, 0.1) is 18.0 Å². The van der Waals surface area contributed by atoms with Gasteiger partial charge in [-0.05, 0) is 103 Å². The number of unbranched alkanes of at least 4 members (excludes halogenated alkanes) is 23. The number of Topliss-reactive ketones (excluding diaryl/α,β-unsaturated/α-hetero) is 4. The molecule has 512 valence electrons. The van der Waals surface area contributed by atoms with Crippen LogP contribution >= 0.6 is 0 Å². The number of hydrogen-bond acceptors (Lipinski definition) is 14. The van der Waals surface area contributed by atoms with Crippen LogP contribution in [-0.2, 0) is 57.5 Å². The zero-order chi connectivity index (χ0) is 66.5. The number of aliphatic carboxylic acids is 4. The number of carboxylic acid groups (broad SMARTS) is 4. The number of nitrogens with one attached hydrogen (secondary N) is 4. The first kappa shape index (κ1) is 83.4. The molecule has 0 saturated carbocycles. The van der Waals surface area contributed by atoms with Crippen molar-refractivity contribution in [2.24, 2.45) is 29.2 Å². The van der Waals surface area contributed by atoms with Crippen molar-refractivity contribution < 1.29 is 78.0 Å². The van der Waals surface area contributed by atoms with E-state index in [1.807, 2.05) is 6.92 Å². The van der Waals surface area contributed by atoms with E-state index < -0.39 is 53.8 Å². The topological polar surface area (TPSA) is 386 Å². The highest BCUT2D eigenvalue weighted by Gasteiger charge is 2.25. The van der Waals surface area contributed by atoms with Crippen molar-refractivity contribution in [3.05, 3.63) is 0 Å². The summed E-state index contributed by atoms with van der Waals surface area (Å²) in [6.07, 6.45) is 28.3. The Morgan fingerprint density at radius 3 is 1.19 bits per heavy atom. The highest BCUT2D eigenvalue weighted by atomic mass is 16.4. The molecule has 22 nitrogen and oxygen atoms in total. The van der Waals surface area contributed by atoms with Gasteiger partial charge in [-0.1, -0.05) is 135 Å². The second kappa shape index (κ2) is 55.2. The molecule has 0 radical (unpaired) electrons. The Balaban J connectivity index is 4.15. The zero-order valence-corrected chi connectivity index (χ0v) is 54.5. The molecule has 0 aromatic heterocycles. The van der Waals surface area contributed by atoms with Gasteiger partial charge in [-0.25, -0.2) is 4.79 Å². The summed E-state index contributed by atoms with van der Waals surface area (Å²) in [4.78, 5) is 145. The third kappa shape index (κ3) is 50.8. The van der Waals surface area contributed by atoms with Crippen LogP contribution in [0.1, 0.15) is 296 Å². The predicted molar refractivity (Wildman–Crippen MR) is 342 cm³/mol. The molecule has 0 heterocycles. The molecule has 0 bridgehead atoms. The lowest BCUT2D eigenvalue weighted by molar-refractivity contribution is -0.144. The highest BCUT2D eigenvalue weighted by Crippen LogP contribution is 2.22. The Labute approximate surface area is 531 Å². The van der Waals surface area contributed by atoms with Crippen LogP contribution in [0.5, 0.6) is 0 Å². The van der Waals surface area contributed by atoms with Gasteiger partial charge in [-0.3, -0.25) is 52.7 Å². The van der Waals surface area contributed by atoms with Gasteiger partial charge < -0.3 is 53.2 Å². The van der Waals surface area contributed by atoms with Gasteiger partial charge >= 0.3 is 23.9 Å². The van der Waals surface area contributed by atoms with Crippen molar-refractivity contribution in [3.8, 4) is 0 Å². The summed E-state index contributed by atoms with van der Waals surface area (Å²) < 4.78 is 0. The predicted octanol–water partition coefficient (Wildman–Crippen LogP) is 10.1. The van der Waals surface area contributed by atoms with Crippen LogP contribution < -0.4 is 32.7 Å². The average molecular weight is 1260 g/mol. The minimum absolute atomic E-state index is 0.00210. The molecule has 0 saturated heterocycles. The van der Waals surface area contributed by atoms with Gasteiger partial charge in [-0.2, -0.15) is 0 Å². The number of carbonyl (C=O) groups excluding carboxylic acids is 8. The lowest BCUT2D eigenvalue weighted by atomic mass is 9.87. The Bertz CT molecular complexity index is 2060. The third-order valence-corrected chi connectivity index (χ3v) is 16.7. The largest absolute Gasteiger partial charge is 0.481 e. The van der Waals surface area contributed by atoms with Crippen LogP contribution in [0, 0.1) is 17.8 Å². The normalized spacial score (nSPS) is 13.3. The van der Waals surface area contributed by atoms with Crippen molar-refractivity contribution in [1.29, 1.82) is 0 Å². The van der Waals surface area contributed by atoms with Crippen LogP contribution in [0.3, 0.4) is 0 Å². The van der Waals surface area contributed by atoms with Gasteiger partial charge in [0.15, 0.2) is 0 Å². The number of ketones is 4. The quantitative estimate of drug-likeness (QED) is 0.0253. The zero-order valence-electron chi connectivity index (χ0n) is 54.5. The van der Waals surface area contributed by atoms with Gasteiger partial charge in [0.25, 0.3) is 0 Å². The Morgan fingerprint density at radius 2 is 0.742 bits per heavy atom. The van der Waals surface area contributed by atoms with E-state index in [-0.39, 0.29) is 117 Å². The number of rotatable bonds is 64. The minimum Gasteiger partial charge on any atom is -0.481 e. The standard InChI is InChI=1S/C67H118N6O16/c1-50(32-26-29-46-71-65(85)57(69)37-28-31-45-70-60(78)44-43-58(67(88)89)73-61(79)38-23-16-12-8-4-6-10-14-18-25-40-63(82)83)59(77)49-52(51(2)74)33-27-30-47-72-64(84)56(68)36-22-19-21-34-54(75)42-41-53(66(86)87)48-55(76)35-20-15-11-7-3-5-9-13-17-24-39-62(80)81/h50,52-53,56-58H,3-49,68-69H2,1-2H3,(H,70,78)(H,71,85)(H,72,84)(H,73,79)(H,80,81)(H,82,83)(H,86,87)(H,88,89)/t50-,52+,53+,56-,57-,58-/m0/s1. The molecule has 0 unspecified atom stereocenters. The summed E-state index contributed by atoms with van der Waals surface area (Å²) in [7, 11) is 0. The Kier molecular flexibility index (Phi) is 51.7.